The summed E-state index contributed by atoms with van der Waals surface area (Å²) in [6.45, 7) is 8.45. The summed E-state index contributed by atoms with van der Waals surface area (Å²) in [4.78, 5) is 8.41. The number of rotatable bonds is 3. The van der Waals surface area contributed by atoms with E-state index in [0.717, 1.165) is 11.6 Å². The molecule has 1 aromatic heterocycles. The first-order valence-corrected chi connectivity index (χ1v) is 4.66. The van der Waals surface area contributed by atoms with Crippen LogP contribution in [0.3, 0.4) is 0 Å². The van der Waals surface area contributed by atoms with E-state index < -0.39 is 0 Å². The van der Waals surface area contributed by atoms with Crippen molar-refractivity contribution in [3.8, 4) is 0 Å². The molecule has 0 radical (unpaired) electrons. The van der Waals surface area contributed by atoms with Crippen LogP contribution in [0, 0.1) is 12.8 Å². The third-order valence-electron chi connectivity index (χ3n) is 2.15. The minimum atomic E-state index is 0.404. The molecule has 1 aromatic rings. The zero-order chi connectivity index (χ0) is 9.84. The van der Waals surface area contributed by atoms with Gasteiger partial charge in [-0.1, -0.05) is 13.8 Å². The molecule has 1 rings (SSSR count). The smallest absolute Gasteiger partial charge is 0.223 e. The summed E-state index contributed by atoms with van der Waals surface area (Å²) in [6.07, 6.45) is 1.78. The highest BCUT2D eigenvalue weighted by Gasteiger charge is 2.07. The van der Waals surface area contributed by atoms with Gasteiger partial charge in [0.1, 0.15) is 0 Å². The maximum absolute atomic E-state index is 4.27. The van der Waals surface area contributed by atoms with Gasteiger partial charge in [-0.15, -0.1) is 0 Å². The van der Waals surface area contributed by atoms with Crippen LogP contribution in [-0.4, -0.2) is 16.0 Å². The average molecular weight is 179 g/mol. The molecule has 1 N–H and O–H groups in total. The van der Waals surface area contributed by atoms with E-state index in [1.54, 1.807) is 6.20 Å². The van der Waals surface area contributed by atoms with Crippen molar-refractivity contribution < 1.29 is 0 Å². The summed E-state index contributed by atoms with van der Waals surface area (Å²) < 4.78 is 0. The van der Waals surface area contributed by atoms with Gasteiger partial charge in [0.25, 0.3) is 0 Å². The number of nitrogens with zero attached hydrogens (tertiary/aromatic N) is 2. The zero-order valence-electron chi connectivity index (χ0n) is 8.70. The summed E-state index contributed by atoms with van der Waals surface area (Å²) in [5.74, 6) is 1.31. The Morgan fingerprint density at radius 2 is 2.00 bits per heavy atom. The highest BCUT2D eigenvalue weighted by molar-refractivity contribution is 5.26. The van der Waals surface area contributed by atoms with Gasteiger partial charge in [0, 0.05) is 17.9 Å². The Bertz CT molecular complexity index is 271. The van der Waals surface area contributed by atoms with Crippen molar-refractivity contribution in [1.29, 1.82) is 0 Å². The fraction of sp³-hybridized carbons (Fsp3) is 0.600. The van der Waals surface area contributed by atoms with Crippen LogP contribution in [0.1, 0.15) is 26.5 Å². The fourth-order valence-electron chi connectivity index (χ4n) is 0.889. The predicted octanol–water partition coefficient (Wildman–Crippen LogP) is 2.24. The zero-order valence-corrected chi connectivity index (χ0v) is 8.70. The first-order valence-electron chi connectivity index (χ1n) is 4.66. The normalized spacial score (nSPS) is 13.0. The van der Waals surface area contributed by atoms with Gasteiger partial charge >= 0.3 is 0 Å². The maximum atomic E-state index is 4.27. The molecule has 0 saturated carbocycles. The van der Waals surface area contributed by atoms with E-state index in [9.17, 15) is 0 Å². The minimum Gasteiger partial charge on any atom is -0.352 e. The van der Waals surface area contributed by atoms with E-state index in [1.807, 2.05) is 13.0 Å². The van der Waals surface area contributed by atoms with E-state index in [0.29, 0.717) is 12.0 Å². The molecule has 0 bridgehead atoms. The lowest BCUT2D eigenvalue weighted by Crippen LogP contribution is -2.22. The molecule has 1 heterocycles. The van der Waals surface area contributed by atoms with Crippen LogP contribution in [0.25, 0.3) is 0 Å². The van der Waals surface area contributed by atoms with Crippen molar-refractivity contribution in [3.63, 3.8) is 0 Å². The van der Waals surface area contributed by atoms with Gasteiger partial charge in [-0.3, -0.25) is 0 Å². The van der Waals surface area contributed by atoms with Crippen LogP contribution in [0.2, 0.25) is 0 Å². The molecule has 72 valence electrons. The number of nitrogens with one attached hydrogen (secondary N) is 1. The van der Waals surface area contributed by atoms with Crippen LogP contribution in [0.4, 0.5) is 5.95 Å². The van der Waals surface area contributed by atoms with E-state index in [-0.39, 0.29) is 0 Å². The Hall–Kier alpha value is -1.12. The summed E-state index contributed by atoms with van der Waals surface area (Å²) in [5.41, 5.74) is 0.994. The molecule has 0 saturated heterocycles. The van der Waals surface area contributed by atoms with Gasteiger partial charge in [-0.2, -0.15) is 0 Å². The van der Waals surface area contributed by atoms with E-state index in [4.69, 9.17) is 0 Å². The molecule has 3 nitrogen and oxygen atoms in total. The Kier molecular flexibility index (Phi) is 3.23. The van der Waals surface area contributed by atoms with Crippen molar-refractivity contribution in [2.24, 2.45) is 5.92 Å². The largest absolute Gasteiger partial charge is 0.352 e. The Balaban J connectivity index is 2.64. The van der Waals surface area contributed by atoms with Crippen molar-refractivity contribution in [1.82, 2.24) is 9.97 Å². The molecule has 1 unspecified atom stereocenters. The third-order valence-corrected chi connectivity index (χ3v) is 2.15. The molecule has 0 amide bonds. The van der Waals surface area contributed by atoms with Crippen molar-refractivity contribution in [2.45, 2.75) is 33.7 Å². The SMILES string of the molecule is Cc1ccnc(NC(C)C(C)C)n1. The molecule has 0 fully saturated rings. The lowest BCUT2D eigenvalue weighted by atomic mass is 10.1. The van der Waals surface area contributed by atoms with E-state index in [1.165, 1.54) is 0 Å². The van der Waals surface area contributed by atoms with Crippen LogP contribution in [-0.2, 0) is 0 Å². The topological polar surface area (TPSA) is 37.8 Å². The number of aromatic nitrogens is 2. The number of anilines is 1. The van der Waals surface area contributed by atoms with Gasteiger partial charge in [0.2, 0.25) is 5.95 Å². The van der Waals surface area contributed by atoms with Gasteiger partial charge in [0.15, 0.2) is 0 Å². The molecular weight excluding hydrogens is 162 g/mol. The number of hydrogen-bond donors (Lipinski definition) is 1. The predicted molar refractivity (Wildman–Crippen MR) is 54.7 cm³/mol. The van der Waals surface area contributed by atoms with Gasteiger partial charge in [-0.25, -0.2) is 9.97 Å². The van der Waals surface area contributed by atoms with Crippen LogP contribution < -0.4 is 5.32 Å². The highest BCUT2D eigenvalue weighted by Crippen LogP contribution is 2.07. The Morgan fingerprint density at radius 3 is 2.54 bits per heavy atom. The second kappa shape index (κ2) is 4.21. The van der Waals surface area contributed by atoms with Gasteiger partial charge < -0.3 is 5.32 Å². The Morgan fingerprint density at radius 1 is 1.31 bits per heavy atom. The van der Waals surface area contributed by atoms with Crippen LogP contribution in [0.15, 0.2) is 12.3 Å². The molecule has 0 aliphatic carbocycles. The molecular formula is C10H17N3. The summed E-state index contributed by atoms with van der Waals surface area (Å²) in [7, 11) is 0. The summed E-state index contributed by atoms with van der Waals surface area (Å²) in [6, 6.07) is 2.30. The first kappa shape index (κ1) is 9.96. The lowest BCUT2D eigenvalue weighted by Gasteiger charge is -2.17. The average Bonchev–Trinajstić information content (AvgIpc) is 2.04. The van der Waals surface area contributed by atoms with Gasteiger partial charge in [-0.05, 0) is 25.8 Å². The highest BCUT2D eigenvalue weighted by atomic mass is 15.1. The van der Waals surface area contributed by atoms with Crippen molar-refractivity contribution in [3.05, 3.63) is 18.0 Å². The second-order valence-electron chi connectivity index (χ2n) is 3.70. The quantitative estimate of drug-likeness (QED) is 0.773. The van der Waals surface area contributed by atoms with Crippen LogP contribution in [0.5, 0.6) is 0 Å². The second-order valence-corrected chi connectivity index (χ2v) is 3.70. The summed E-state index contributed by atoms with van der Waals surface area (Å²) >= 11 is 0. The molecule has 0 aliphatic rings. The van der Waals surface area contributed by atoms with Crippen molar-refractivity contribution in [2.75, 3.05) is 5.32 Å². The van der Waals surface area contributed by atoms with E-state index in [2.05, 4.69) is 36.1 Å². The molecule has 3 heteroatoms. The Labute approximate surface area is 79.6 Å². The van der Waals surface area contributed by atoms with E-state index >= 15 is 0 Å². The monoisotopic (exact) mass is 179 g/mol. The maximum Gasteiger partial charge on any atom is 0.223 e. The standard InChI is InChI=1S/C10H17N3/c1-7(2)9(4)13-10-11-6-5-8(3)12-10/h5-7,9H,1-4H3,(H,11,12,13). The molecule has 0 aromatic carbocycles. The number of aryl methyl sites for hydroxylation is 1. The fourth-order valence-corrected chi connectivity index (χ4v) is 0.889. The third kappa shape index (κ3) is 3.01. The molecule has 1 atom stereocenters. The first-order chi connectivity index (χ1) is 6.09. The minimum absolute atomic E-state index is 0.404. The van der Waals surface area contributed by atoms with Crippen LogP contribution >= 0.6 is 0 Å². The molecule has 0 aliphatic heterocycles. The lowest BCUT2D eigenvalue weighted by molar-refractivity contribution is 0.556. The summed E-state index contributed by atoms with van der Waals surface area (Å²) in [5, 5.41) is 3.26. The molecule has 0 spiro atoms. The number of hydrogen-bond acceptors (Lipinski definition) is 3. The van der Waals surface area contributed by atoms with Gasteiger partial charge in [0.05, 0.1) is 0 Å². The molecule has 13 heavy (non-hydrogen) atoms. The van der Waals surface area contributed by atoms with Crippen molar-refractivity contribution >= 4 is 5.95 Å².